The van der Waals surface area contributed by atoms with Crippen LogP contribution in [0.5, 0.6) is 0 Å². The number of hydrogen-bond donors (Lipinski definition) is 1. The minimum Gasteiger partial charge on any atom is -0.339 e. The molecule has 0 radical (unpaired) electrons. The van der Waals surface area contributed by atoms with Gasteiger partial charge in [-0.05, 0) is 31.0 Å². The minimum absolute atomic E-state index is 0.0638. The van der Waals surface area contributed by atoms with Gasteiger partial charge in [0.15, 0.2) is 0 Å². The van der Waals surface area contributed by atoms with Crippen molar-refractivity contribution in [2.75, 3.05) is 18.4 Å². The summed E-state index contributed by atoms with van der Waals surface area (Å²) in [4.78, 5) is 22.4. The van der Waals surface area contributed by atoms with Gasteiger partial charge in [-0.2, -0.15) is 0 Å². The largest absolute Gasteiger partial charge is 0.339 e. The Bertz CT molecular complexity index is 684. The fourth-order valence-electron chi connectivity index (χ4n) is 2.31. The third kappa shape index (κ3) is 3.31. The first-order chi connectivity index (χ1) is 10.6. The molecule has 1 aliphatic heterocycles. The minimum atomic E-state index is -0.0638. The summed E-state index contributed by atoms with van der Waals surface area (Å²) in [6, 6.07) is 5.19. The van der Waals surface area contributed by atoms with Gasteiger partial charge >= 0.3 is 0 Å². The van der Waals surface area contributed by atoms with Crippen LogP contribution in [0.3, 0.4) is 0 Å². The van der Waals surface area contributed by atoms with Crippen LogP contribution in [0.1, 0.15) is 23.3 Å². The predicted molar refractivity (Wildman–Crippen MR) is 86.9 cm³/mol. The van der Waals surface area contributed by atoms with Crippen molar-refractivity contribution in [3.63, 3.8) is 0 Å². The van der Waals surface area contributed by atoms with Crippen LogP contribution in [-0.4, -0.2) is 33.9 Å². The summed E-state index contributed by atoms with van der Waals surface area (Å²) in [5, 5.41) is 4.02. The van der Waals surface area contributed by atoms with Gasteiger partial charge in [0.2, 0.25) is 0 Å². The zero-order chi connectivity index (χ0) is 15.5. The van der Waals surface area contributed by atoms with E-state index in [9.17, 15) is 4.79 Å². The highest BCUT2D eigenvalue weighted by atomic mass is 35.5. The Balaban J connectivity index is 1.70. The Labute approximate surface area is 138 Å². The molecule has 0 bridgehead atoms. The van der Waals surface area contributed by atoms with Crippen LogP contribution in [0, 0.1) is 0 Å². The number of nitrogens with one attached hydrogen (secondary N) is 1. The van der Waals surface area contributed by atoms with Crippen molar-refractivity contribution < 1.29 is 4.79 Å². The van der Waals surface area contributed by atoms with Gasteiger partial charge in [-0.1, -0.05) is 23.2 Å². The summed E-state index contributed by atoms with van der Waals surface area (Å²) < 4.78 is 0. The lowest BCUT2D eigenvalue weighted by molar-refractivity contribution is 0.0786. The number of benzene rings is 1. The highest BCUT2D eigenvalue weighted by Gasteiger charge is 2.20. The first-order valence-electron chi connectivity index (χ1n) is 6.97. The van der Waals surface area contributed by atoms with E-state index in [4.69, 9.17) is 23.2 Å². The Hall–Kier alpha value is -1.85. The van der Waals surface area contributed by atoms with Gasteiger partial charge in [-0.25, -0.2) is 9.97 Å². The number of rotatable bonds is 3. The molecular weight excluding hydrogens is 323 g/mol. The fourth-order valence-corrected chi connectivity index (χ4v) is 2.61. The monoisotopic (exact) mass is 336 g/mol. The van der Waals surface area contributed by atoms with Gasteiger partial charge in [0.25, 0.3) is 5.91 Å². The summed E-state index contributed by atoms with van der Waals surface area (Å²) in [6.45, 7) is 1.59. The van der Waals surface area contributed by atoms with Crippen molar-refractivity contribution in [1.82, 2.24) is 14.9 Å². The van der Waals surface area contributed by atoms with Crippen molar-refractivity contribution in [2.45, 2.75) is 12.8 Å². The molecule has 2 heterocycles. The molecule has 1 fully saturated rings. The molecule has 1 saturated heterocycles. The molecule has 7 heteroatoms. The molecule has 5 nitrogen and oxygen atoms in total. The van der Waals surface area contributed by atoms with Crippen LogP contribution in [0.25, 0.3) is 0 Å². The van der Waals surface area contributed by atoms with Crippen molar-refractivity contribution in [3.05, 3.63) is 46.3 Å². The summed E-state index contributed by atoms with van der Waals surface area (Å²) in [7, 11) is 0. The fraction of sp³-hybridized carbons (Fsp3) is 0.267. The second-order valence-electron chi connectivity index (χ2n) is 5.04. The molecule has 0 saturated carbocycles. The standard InChI is InChI=1S/C15H14Cl2N4O/c16-11-4-3-10(7-12(11)17)20-14-9-18-13(8-19-14)15(22)21-5-1-2-6-21/h3-4,7-9H,1-2,5-6H2,(H,19,20). The molecule has 114 valence electrons. The molecule has 3 rings (SSSR count). The number of anilines is 2. The summed E-state index contributed by atoms with van der Waals surface area (Å²) in [5.41, 5.74) is 1.11. The summed E-state index contributed by atoms with van der Waals surface area (Å²) >= 11 is 11.8. The van der Waals surface area contributed by atoms with E-state index in [1.54, 1.807) is 23.1 Å². The molecule has 0 spiro atoms. The Morgan fingerprint density at radius 3 is 2.50 bits per heavy atom. The zero-order valence-corrected chi connectivity index (χ0v) is 13.2. The van der Waals surface area contributed by atoms with E-state index >= 15 is 0 Å². The van der Waals surface area contributed by atoms with Crippen LogP contribution in [0.2, 0.25) is 10.0 Å². The first kappa shape index (κ1) is 15.1. The molecule has 0 aliphatic carbocycles. The smallest absolute Gasteiger partial charge is 0.274 e. The number of aromatic nitrogens is 2. The molecule has 1 amide bonds. The molecule has 22 heavy (non-hydrogen) atoms. The van der Waals surface area contributed by atoms with E-state index in [0.717, 1.165) is 31.6 Å². The number of carbonyl (C=O) groups is 1. The maximum Gasteiger partial charge on any atom is 0.274 e. The highest BCUT2D eigenvalue weighted by Crippen LogP contribution is 2.26. The van der Waals surface area contributed by atoms with Crippen molar-refractivity contribution in [2.24, 2.45) is 0 Å². The van der Waals surface area contributed by atoms with Crippen LogP contribution >= 0.6 is 23.2 Å². The van der Waals surface area contributed by atoms with E-state index in [1.165, 1.54) is 12.4 Å². The summed E-state index contributed by atoms with van der Waals surface area (Å²) in [5.74, 6) is 0.474. The van der Waals surface area contributed by atoms with Crippen molar-refractivity contribution in [1.29, 1.82) is 0 Å². The molecule has 0 atom stereocenters. The quantitative estimate of drug-likeness (QED) is 0.926. The van der Waals surface area contributed by atoms with E-state index < -0.39 is 0 Å². The molecule has 1 N–H and O–H groups in total. The maximum atomic E-state index is 12.2. The first-order valence-corrected chi connectivity index (χ1v) is 7.72. The van der Waals surface area contributed by atoms with Gasteiger partial charge < -0.3 is 10.2 Å². The van der Waals surface area contributed by atoms with E-state index in [1.807, 2.05) is 0 Å². The van der Waals surface area contributed by atoms with Gasteiger partial charge in [0.05, 0.1) is 22.4 Å². The maximum absolute atomic E-state index is 12.2. The topological polar surface area (TPSA) is 58.1 Å². The molecule has 1 aromatic heterocycles. The Kier molecular flexibility index (Phi) is 4.45. The van der Waals surface area contributed by atoms with Crippen LogP contribution in [0.4, 0.5) is 11.5 Å². The van der Waals surface area contributed by atoms with Gasteiger partial charge in [-0.3, -0.25) is 4.79 Å². The third-order valence-electron chi connectivity index (χ3n) is 3.46. The zero-order valence-electron chi connectivity index (χ0n) is 11.7. The Morgan fingerprint density at radius 2 is 1.86 bits per heavy atom. The van der Waals surface area contributed by atoms with E-state index in [2.05, 4.69) is 15.3 Å². The lowest BCUT2D eigenvalue weighted by Crippen LogP contribution is -2.28. The van der Waals surface area contributed by atoms with Gasteiger partial charge in [0, 0.05) is 18.8 Å². The van der Waals surface area contributed by atoms with E-state index in [0.29, 0.717) is 21.6 Å². The number of carbonyl (C=O) groups excluding carboxylic acids is 1. The van der Waals surface area contributed by atoms with Gasteiger partial charge in [0.1, 0.15) is 11.5 Å². The van der Waals surface area contributed by atoms with Crippen LogP contribution in [0.15, 0.2) is 30.6 Å². The second kappa shape index (κ2) is 6.50. The number of nitrogens with zero attached hydrogens (tertiary/aromatic N) is 3. The number of amides is 1. The lowest BCUT2D eigenvalue weighted by Gasteiger charge is -2.14. The summed E-state index contributed by atoms with van der Waals surface area (Å²) in [6.07, 6.45) is 5.12. The Morgan fingerprint density at radius 1 is 1.09 bits per heavy atom. The van der Waals surface area contributed by atoms with Crippen molar-refractivity contribution >= 4 is 40.6 Å². The SMILES string of the molecule is O=C(c1cnc(Nc2ccc(Cl)c(Cl)c2)cn1)N1CCCC1. The number of likely N-dealkylation sites (tertiary alicyclic amines) is 1. The second-order valence-corrected chi connectivity index (χ2v) is 5.85. The van der Waals surface area contributed by atoms with Crippen LogP contribution in [-0.2, 0) is 0 Å². The van der Waals surface area contributed by atoms with Crippen molar-refractivity contribution in [3.8, 4) is 0 Å². The lowest BCUT2D eigenvalue weighted by atomic mass is 10.3. The highest BCUT2D eigenvalue weighted by molar-refractivity contribution is 6.42. The average Bonchev–Trinajstić information content (AvgIpc) is 3.05. The van der Waals surface area contributed by atoms with Crippen LogP contribution < -0.4 is 5.32 Å². The van der Waals surface area contributed by atoms with Gasteiger partial charge in [-0.15, -0.1) is 0 Å². The molecular formula is C15H14Cl2N4O. The molecule has 1 aliphatic rings. The predicted octanol–water partition coefficient (Wildman–Crippen LogP) is 3.76. The molecule has 1 aromatic carbocycles. The van der Waals surface area contributed by atoms with E-state index in [-0.39, 0.29) is 5.91 Å². The molecule has 2 aromatic rings. The molecule has 0 unspecified atom stereocenters. The normalized spacial score (nSPS) is 14.2. The number of hydrogen-bond acceptors (Lipinski definition) is 4. The average molecular weight is 337 g/mol. The number of halogens is 2. The third-order valence-corrected chi connectivity index (χ3v) is 4.20.